The molecule has 0 saturated heterocycles. The summed E-state index contributed by atoms with van der Waals surface area (Å²) in [6.07, 6.45) is 0. The molecule has 1 N–H and O–H groups in total. The maximum atomic E-state index is 11.9. The summed E-state index contributed by atoms with van der Waals surface area (Å²) >= 11 is 6.00. The molecule has 0 aliphatic carbocycles. The Balaban J connectivity index is 2.78. The van der Waals surface area contributed by atoms with Crippen molar-refractivity contribution in [1.82, 2.24) is 4.98 Å². The zero-order chi connectivity index (χ0) is 12.6. The SMILES string of the molecule is COc1cc2[nH]c(C(C)C)cc(=O)c2cc1Cl. The largest absolute Gasteiger partial charge is 0.495 e. The molecule has 0 aliphatic heterocycles. The van der Waals surface area contributed by atoms with Gasteiger partial charge in [0.15, 0.2) is 5.43 Å². The van der Waals surface area contributed by atoms with Crippen LogP contribution in [0.4, 0.5) is 0 Å². The molecule has 1 aromatic heterocycles. The molecule has 0 amide bonds. The van der Waals surface area contributed by atoms with E-state index in [1.807, 2.05) is 13.8 Å². The van der Waals surface area contributed by atoms with Gasteiger partial charge in [0.05, 0.1) is 17.6 Å². The predicted molar refractivity (Wildman–Crippen MR) is 70.2 cm³/mol. The monoisotopic (exact) mass is 251 g/mol. The van der Waals surface area contributed by atoms with Crippen LogP contribution in [0.15, 0.2) is 23.0 Å². The lowest BCUT2D eigenvalue weighted by molar-refractivity contribution is 0.415. The lowest BCUT2D eigenvalue weighted by Crippen LogP contribution is -2.06. The first-order valence-electron chi connectivity index (χ1n) is 5.43. The molecule has 2 rings (SSSR count). The Morgan fingerprint density at radius 2 is 2.00 bits per heavy atom. The predicted octanol–water partition coefficient (Wildman–Crippen LogP) is 3.31. The van der Waals surface area contributed by atoms with Crippen LogP contribution < -0.4 is 10.2 Å². The topological polar surface area (TPSA) is 42.1 Å². The van der Waals surface area contributed by atoms with Crippen LogP contribution >= 0.6 is 11.6 Å². The van der Waals surface area contributed by atoms with Crippen molar-refractivity contribution >= 4 is 22.5 Å². The summed E-state index contributed by atoms with van der Waals surface area (Å²) in [6, 6.07) is 5.01. The Morgan fingerprint density at radius 1 is 1.29 bits per heavy atom. The first-order valence-corrected chi connectivity index (χ1v) is 5.81. The van der Waals surface area contributed by atoms with Gasteiger partial charge >= 0.3 is 0 Å². The highest BCUT2D eigenvalue weighted by Crippen LogP contribution is 2.28. The number of methoxy groups -OCH3 is 1. The zero-order valence-corrected chi connectivity index (χ0v) is 10.8. The molecule has 0 unspecified atom stereocenters. The number of rotatable bonds is 2. The molecule has 0 aliphatic rings. The molecule has 0 radical (unpaired) electrons. The molecule has 0 fully saturated rings. The highest BCUT2D eigenvalue weighted by atomic mass is 35.5. The van der Waals surface area contributed by atoms with Gasteiger partial charge in [-0.25, -0.2) is 0 Å². The molecule has 2 aromatic rings. The van der Waals surface area contributed by atoms with Gasteiger partial charge in [-0.15, -0.1) is 0 Å². The van der Waals surface area contributed by atoms with Crippen molar-refractivity contribution in [2.45, 2.75) is 19.8 Å². The van der Waals surface area contributed by atoms with Crippen molar-refractivity contribution in [2.24, 2.45) is 0 Å². The second kappa shape index (κ2) is 4.41. The standard InChI is InChI=1S/C13H14ClNO2/c1-7(2)10-5-12(16)8-4-9(14)13(17-3)6-11(8)15-10/h4-7H,1-3H3,(H,15,16). The first kappa shape index (κ1) is 12.0. The summed E-state index contributed by atoms with van der Waals surface area (Å²) in [5.41, 5.74) is 1.64. The maximum Gasteiger partial charge on any atom is 0.189 e. The summed E-state index contributed by atoms with van der Waals surface area (Å²) in [5, 5.41) is 1.03. The highest BCUT2D eigenvalue weighted by molar-refractivity contribution is 6.32. The number of aromatic amines is 1. The molecule has 3 nitrogen and oxygen atoms in total. The van der Waals surface area contributed by atoms with Crippen molar-refractivity contribution in [2.75, 3.05) is 7.11 Å². The van der Waals surface area contributed by atoms with E-state index in [1.165, 1.54) is 0 Å². The van der Waals surface area contributed by atoms with Gasteiger partial charge in [0.2, 0.25) is 0 Å². The number of H-pyrrole nitrogens is 1. The lowest BCUT2D eigenvalue weighted by atomic mass is 10.1. The van der Waals surface area contributed by atoms with Gasteiger partial charge in [0.25, 0.3) is 0 Å². The minimum Gasteiger partial charge on any atom is -0.495 e. The second-order valence-corrected chi connectivity index (χ2v) is 4.68. The summed E-state index contributed by atoms with van der Waals surface area (Å²) in [6.45, 7) is 4.06. The second-order valence-electron chi connectivity index (χ2n) is 4.28. The van der Waals surface area contributed by atoms with Gasteiger partial charge in [-0.05, 0) is 12.0 Å². The smallest absolute Gasteiger partial charge is 0.189 e. The van der Waals surface area contributed by atoms with Crippen LogP contribution in [0.2, 0.25) is 5.02 Å². The molecule has 1 aromatic carbocycles. The van der Waals surface area contributed by atoms with E-state index in [9.17, 15) is 4.79 Å². The molecule has 0 atom stereocenters. The first-order chi connectivity index (χ1) is 8.02. The van der Waals surface area contributed by atoms with Crippen LogP contribution in [0, 0.1) is 0 Å². The number of fused-ring (bicyclic) bond motifs is 1. The van der Waals surface area contributed by atoms with Gasteiger partial charge in [0, 0.05) is 23.2 Å². The molecule has 17 heavy (non-hydrogen) atoms. The third-order valence-electron chi connectivity index (χ3n) is 2.75. The third kappa shape index (κ3) is 2.15. The minimum absolute atomic E-state index is 0.0213. The van der Waals surface area contributed by atoms with E-state index >= 15 is 0 Å². The maximum absolute atomic E-state index is 11.9. The van der Waals surface area contributed by atoms with Crippen LogP contribution in [0.3, 0.4) is 0 Å². The Kier molecular flexibility index (Phi) is 3.11. The molecule has 0 saturated carbocycles. The molecule has 1 heterocycles. The fourth-order valence-corrected chi connectivity index (χ4v) is 1.98. The summed E-state index contributed by atoms with van der Waals surface area (Å²) < 4.78 is 5.14. The van der Waals surface area contributed by atoms with Crippen molar-refractivity contribution in [3.63, 3.8) is 0 Å². The lowest BCUT2D eigenvalue weighted by Gasteiger charge is -2.09. The van der Waals surface area contributed by atoms with Crippen LogP contribution in [0.25, 0.3) is 10.9 Å². The van der Waals surface area contributed by atoms with Gasteiger partial charge in [-0.3, -0.25) is 4.79 Å². The number of halogens is 1. The Labute approximate surface area is 104 Å². The van der Waals surface area contributed by atoms with Crippen LogP contribution in [0.1, 0.15) is 25.5 Å². The number of hydrogen-bond acceptors (Lipinski definition) is 2. The van der Waals surface area contributed by atoms with Crippen LogP contribution in [-0.2, 0) is 0 Å². The molecule has 90 valence electrons. The molecular formula is C13H14ClNO2. The van der Waals surface area contributed by atoms with Crippen molar-refractivity contribution in [3.8, 4) is 5.75 Å². The average molecular weight is 252 g/mol. The van der Waals surface area contributed by atoms with Crippen molar-refractivity contribution in [1.29, 1.82) is 0 Å². The van der Waals surface area contributed by atoms with Gasteiger partial charge in [-0.1, -0.05) is 25.4 Å². The van der Waals surface area contributed by atoms with Gasteiger partial charge < -0.3 is 9.72 Å². The molecule has 0 bridgehead atoms. The number of hydrogen-bond donors (Lipinski definition) is 1. The quantitative estimate of drug-likeness (QED) is 0.890. The van der Waals surface area contributed by atoms with E-state index in [2.05, 4.69) is 4.98 Å². The Hall–Kier alpha value is -1.48. The van der Waals surface area contributed by atoms with E-state index in [0.717, 1.165) is 11.2 Å². The minimum atomic E-state index is -0.0213. The van der Waals surface area contributed by atoms with E-state index < -0.39 is 0 Å². The molecular weight excluding hydrogens is 238 g/mol. The highest BCUT2D eigenvalue weighted by Gasteiger charge is 2.09. The number of ether oxygens (including phenoxy) is 1. The number of benzene rings is 1. The summed E-state index contributed by atoms with van der Waals surface area (Å²) in [4.78, 5) is 15.2. The summed E-state index contributed by atoms with van der Waals surface area (Å²) in [5.74, 6) is 0.837. The van der Waals surface area contributed by atoms with E-state index in [1.54, 1.807) is 25.3 Å². The fraction of sp³-hybridized carbons (Fsp3) is 0.308. The van der Waals surface area contributed by atoms with Gasteiger partial charge in [-0.2, -0.15) is 0 Å². The Bertz CT molecular complexity index is 617. The Morgan fingerprint density at radius 3 is 2.59 bits per heavy atom. The van der Waals surface area contributed by atoms with Gasteiger partial charge in [0.1, 0.15) is 5.75 Å². The number of aromatic nitrogens is 1. The van der Waals surface area contributed by atoms with E-state index in [0.29, 0.717) is 16.2 Å². The third-order valence-corrected chi connectivity index (χ3v) is 3.04. The van der Waals surface area contributed by atoms with Crippen molar-refractivity contribution < 1.29 is 4.74 Å². The van der Waals surface area contributed by atoms with E-state index in [4.69, 9.17) is 16.3 Å². The molecule has 4 heteroatoms. The molecule has 0 spiro atoms. The van der Waals surface area contributed by atoms with Crippen LogP contribution in [0.5, 0.6) is 5.75 Å². The average Bonchev–Trinajstić information content (AvgIpc) is 2.29. The normalized spacial score (nSPS) is 11.1. The summed E-state index contributed by atoms with van der Waals surface area (Å²) in [7, 11) is 1.55. The van der Waals surface area contributed by atoms with Crippen molar-refractivity contribution in [3.05, 3.63) is 39.1 Å². The van der Waals surface area contributed by atoms with Crippen LogP contribution in [-0.4, -0.2) is 12.1 Å². The number of pyridine rings is 1. The number of nitrogens with one attached hydrogen (secondary N) is 1. The zero-order valence-electron chi connectivity index (χ0n) is 10.0. The fourth-order valence-electron chi connectivity index (χ4n) is 1.74. The van der Waals surface area contributed by atoms with E-state index in [-0.39, 0.29) is 11.3 Å².